The minimum Gasteiger partial charge on any atom is -0.489 e. The van der Waals surface area contributed by atoms with Crippen molar-refractivity contribution in [3.63, 3.8) is 0 Å². The van der Waals surface area contributed by atoms with Gasteiger partial charge in [-0.1, -0.05) is 60.7 Å². The van der Waals surface area contributed by atoms with Gasteiger partial charge in [-0.15, -0.1) is 0 Å². The average Bonchev–Trinajstić information content (AvgIpc) is 2.85. The van der Waals surface area contributed by atoms with Crippen LogP contribution in [0.4, 0.5) is 5.69 Å². The first-order valence-corrected chi connectivity index (χ1v) is 11.1. The zero-order chi connectivity index (χ0) is 22.2. The van der Waals surface area contributed by atoms with E-state index in [0.717, 1.165) is 48.5 Å². The third-order valence-electron chi connectivity index (χ3n) is 5.77. The van der Waals surface area contributed by atoms with Gasteiger partial charge in [0.1, 0.15) is 12.4 Å². The van der Waals surface area contributed by atoms with Gasteiger partial charge in [0.2, 0.25) is 5.91 Å². The second kappa shape index (κ2) is 10.7. The summed E-state index contributed by atoms with van der Waals surface area (Å²) in [6, 6.07) is 26.9. The minimum absolute atomic E-state index is 0.0418. The molecule has 0 bridgehead atoms. The first kappa shape index (κ1) is 21.8. The molecule has 1 heterocycles. The van der Waals surface area contributed by atoms with E-state index in [1.165, 1.54) is 0 Å². The maximum Gasteiger partial charge on any atom is 0.238 e. The molecule has 0 aromatic heterocycles. The standard InChI is InChI=1S/C27H28N2O3/c30-26(19-29-17-15-23(16-18-29)27(31)22-9-5-2-6-10-22)28-24-11-13-25(14-12-24)32-20-21-7-3-1-4-8-21/h1-14,23H,15-20H2,(H,28,30). The number of rotatable bonds is 8. The van der Waals surface area contributed by atoms with E-state index < -0.39 is 0 Å². The highest BCUT2D eigenvalue weighted by molar-refractivity contribution is 5.98. The third kappa shape index (κ3) is 6.05. The van der Waals surface area contributed by atoms with Crippen molar-refractivity contribution >= 4 is 17.4 Å². The van der Waals surface area contributed by atoms with Gasteiger partial charge >= 0.3 is 0 Å². The fourth-order valence-corrected chi connectivity index (χ4v) is 3.97. The molecule has 0 radical (unpaired) electrons. The lowest BCUT2D eigenvalue weighted by molar-refractivity contribution is -0.117. The molecule has 1 aliphatic rings. The van der Waals surface area contributed by atoms with Gasteiger partial charge < -0.3 is 10.1 Å². The number of carbonyl (C=O) groups is 2. The molecule has 4 rings (SSSR count). The van der Waals surface area contributed by atoms with Crippen LogP contribution in [0.25, 0.3) is 0 Å². The van der Waals surface area contributed by atoms with Crippen LogP contribution in [-0.2, 0) is 11.4 Å². The van der Waals surface area contributed by atoms with Crippen molar-refractivity contribution in [1.82, 2.24) is 4.90 Å². The molecule has 1 fully saturated rings. The molecular weight excluding hydrogens is 400 g/mol. The number of amides is 1. The van der Waals surface area contributed by atoms with Crippen LogP contribution in [0.1, 0.15) is 28.8 Å². The van der Waals surface area contributed by atoms with Gasteiger partial charge in [-0.3, -0.25) is 14.5 Å². The van der Waals surface area contributed by atoms with Crippen LogP contribution < -0.4 is 10.1 Å². The Balaban J connectivity index is 1.20. The number of piperidine rings is 1. The number of nitrogens with zero attached hydrogens (tertiary/aromatic N) is 1. The Morgan fingerprint density at radius 3 is 2.12 bits per heavy atom. The fraction of sp³-hybridized carbons (Fsp3) is 0.259. The summed E-state index contributed by atoms with van der Waals surface area (Å²) in [4.78, 5) is 27.2. The third-order valence-corrected chi connectivity index (χ3v) is 5.77. The van der Waals surface area contributed by atoms with Crippen molar-refractivity contribution in [1.29, 1.82) is 0 Å². The highest BCUT2D eigenvalue weighted by Gasteiger charge is 2.26. The number of anilines is 1. The molecule has 3 aromatic rings. The van der Waals surface area contributed by atoms with Crippen LogP contribution >= 0.6 is 0 Å². The second-order valence-corrected chi connectivity index (χ2v) is 8.13. The Bertz CT molecular complexity index is 1010. The first-order chi connectivity index (χ1) is 15.7. The molecular formula is C27H28N2O3. The van der Waals surface area contributed by atoms with Crippen LogP contribution in [0, 0.1) is 5.92 Å². The minimum atomic E-state index is -0.0456. The van der Waals surface area contributed by atoms with E-state index in [-0.39, 0.29) is 17.6 Å². The quantitative estimate of drug-likeness (QED) is 0.524. The predicted octanol–water partition coefficient (Wildman–Crippen LogP) is 4.80. The zero-order valence-corrected chi connectivity index (χ0v) is 18.1. The summed E-state index contributed by atoms with van der Waals surface area (Å²) in [6.07, 6.45) is 1.57. The van der Waals surface area contributed by atoms with Crippen LogP contribution in [0.15, 0.2) is 84.9 Å². The molecule has 1 N–H and O–H groups in total. The first-order valence-electron chi connectivity index (χ1n) is 11.1. The molecule has 32 heavy (non-hydrogen) atoms. The van der Waals surface area contributed by atoms with Gasteiger partial charge in [0, 0.05) is 17.2 Å². The second-order valence-electron chi connectivity index (χ2n) is 8.13. The van der Waals surface area contributed by atoms with Gasteiger partial charge in [0.15, 0.2) is 5.78 Å². The summed E-state index contributed by atoms with van der Waals surface area (Å²) in [7, 11) is 0. The number of benzene rings is 3. The number of ether oxygens (including phenoxy) is 1. The molecule has 5 heteroatoms. The van der Waals surface area contributed by atoms with Crippen LogP contribution in [0.3, 0.4) is 0 Å². The lowest BCUT2D eigenvalue weighted by Crippen LogP contribution is -2.40. The Morgan fingerprint density at radius 1 is 0.844 bits per heavy atom. The monoisotopic (exact) mass is 428 g/mol. The predicted molar refractivity (Wildman–Crippen MR) is 126 cm³/mol. The molecule has 164 valence electrons. The number of ketones is 1. The largest absolute Gasteiger partial charge is 0.489 e. The van der Waals surface area contributed by atoms with Crippen molar-refractivity contribution in [3.05, 3.63) is 96.1 Å². The molecule has 0 spiro atoms. The number of hydrogen-bond donors (Lipinski definition) is 1. The number of Topliss-reactive ketones (excluding diaryl/α,β-unsaturated/α-hetero) is 1. The van der Waals surface area contributed by atoms with E-state index in [0.29, 0.717) is 13.2 Å². The lowest BCUT2D eigenvalue weighted by atomic mass is 9.89. The smallest absolute Gasteiger partial charge is 0.238 e. The summed E-state index contributed by atoms with van der Waals surface area (Å²) < 4.78 is 5.79. The van der Waals surface area contributed by atoms with Gasteiger partial charge in [-0.2, -0.15) is 0 Å². The van der Waals surface area contributed by atoms with Gasteiger partial charge in [0.25, 0.3) is 0 Å². The number of nitrogens with one attached hydrogen (secondary N) is 1. The number of hydrogen-bond acceptors (Lipinski definition) is 4. The molecule has 0 aliphatic carbocycles. The maximum atomic E-state index is 12.6. The van der Waals surface area contributed by atoms with E-state index in [4.69, 9.17) is 4.74 Å². The highest BCUT2D eigenvalue weighted by atomic mass is 16.5. The maximum absolute atomic E-state index is 12.6. The number of carbonyl (C=O) groups excluding carboxylic acids is 2. The van der Waals surface area contributed by atoms with Crippen molar-refractivity contribution < 1.29 is 14.3 Å². The van der Waals surface area contributed by atoms with Gasteiger partial charge in [-0.25, -0.2) is 0 Å². The Labute approximate surface area is 189 Å². The van der Waals surface area contributed by atoms with E-state index in [1.807, 2.05) is 84.9 Å². The van der Waals surface area contributed by atoms with Crippen molar-refractivity contribution in [2.75, 3.05) is 25.0 Å². The number of likely N-dealkylation sites (tertiary alicyclic amines) is 1. The van der Waals surface area contributed by atoms with Crippen molar-refractivity contribution in [2.45, 2.75) is 19.4 Å². The molecule has 0 atom stereocenters. The summed E-state index contributed by atoms with van der Waals surface area (Å²) in [5.41, 5.74) is 2.63. The molecule has 0 saturated carbocycles. The molecule has 1 saturated heterocycles. The summed E-state index contributed by atoms with van der Waals surface area (Å²) in [5, 5.41) is 2.95. The van der Waals surface area contributed by atoms with E-state index in [9.17, 15) is 9.59 Å². The lowest BCUT2D eigenvalue weighted by Gasteiger charge is -2.30. The van der Waals surface area contributed by atoms with Crippen molar-refractivity contribution in [2.24, 2.45) is 5.92 Å². The SMILES string of the molecule is O=C(CN1CCC(C(=O)c2ccccc2)CC1)Nc1ccc(OCc2ccccc2)cc1. The zero-order valence-electron chi connectivity index (χ0n) is 18.1. The van der Waals surface area contributed by atoms with E-state index in [2.05, 4.69) is 10.2 Å². The van der Waals surface area contributed by atoms with E-state index in [1.54, 1.807) is 0 Å². The van der Waals surface area contributed by atoms with Crippen molar-refractivity contribution in [3.8, 4) is 5.75 Å². The molecule has 3 aromatic carbocycles. The fourth-order valence-electron chi connectivity index (χ4n) is 3.97. The molecule has 1 amide bonds. The van der Waals surface area contributed by atoms with E-state index >= 15 is 0 Å². The molecule has 0 unspecified atom stereocenters. The summed E-state index contributed by atoms with van der Waals surface area (Å²) in [6.45, 7) is 2.35. The summed E-state index contributed by atoms with van der Waals surface area (Å²) >= 11 is 0. The Kier molecular flexibility index (Phi) is 7.31. The van der Waals surface area contributed by atoms with Gasteiger partial charge in [0.05, 0.1) is 6.54 Å². The Morgan fingerprint density at radius 2 is 1.47 bits per heavy atom. The van der Waals surface area contributed by atoms with Crippen LogP contribution in [0.5, 0.6) is 5.75 Å². The average molecular weight is 429 g/mol. The molecule has 5 nitrogen and oxygen atoms in total. The highest BCUT2D eigenvalue weighted by Crippen LogP contribution is 2.22. The topological polar surface area (TPSA) is 58.6 Å². The van der Waals surface area contributed by atoms with Crippen LogP contribution in [0.2, 0.25) is 0 Å². The summed E-state index contributed by atoms with van der Waals surface area (Å²) in [5.74, 6) is 0.970. The van der Waals surface area contributed by atoms with Crippen LogP contribution in [-0.4, -0.2) is 36.2 Å². The molecule has 1 aliphatic heterocycles. The Hall–Kier alpha value is -3.44. The van der Waals surface area contributed by atoms with Gasteiger partial charge in [-0.05, 0) is 55.8 Å². The normalized spacial score (nSPS) is 14.6.